The lowest BCUT2D eigenvalue weighted by Crippen LogP contribution is -2.37. The van der Waals surface area contributed by atoms with Crippen molar-refractivity contribution in [1.29, 1.82) is 0 Å². The minimum atomic E-state index is 0.565. The van der Waals surface area contributed by atoms with Gasteiger partial charge in [-0.1, -0.05) is 23.8 Å². The average Bonchev–Trinajstić information content (AvgIpc) is 3.05. The quantitative estimate of drug-likeness (QED) is 0.780. The third-order valence-corrected chi connectivity index (χ3v) is 5.62. The molecule has 0 saturated carbocycles. The van der Waals surface area contributed by atoms with Crippen LogP contribution < -0.4 is 5.73 Å². The minimum Gasteiger partial charge on any atom is -0.383 e. The molecule has 2 N–H and O–H groups in total. The molecule has 1 aliphatic heterocycles. The highest BCUT2D eigenvalue weighted by molar-refractivity contribution is 7.18. The minimum absolute atomic E-state index is 0.565. The van der Waals surface area contributed by atoms with Crippen LogP contribution in [0.4, 0.5) is 5.82 Å². The number of thiophene rings is 1. The van der Waals surface area contributed by atoms with E-state index in [9.17, 15) is 0 Å². The van der Waals surface area contributed by atoms with Crippen molar-refractivity contribution in [3.05, 3.63) is 40.8 Å². The van der Waals surface area contributed by atoms with E-state index in [0.29, 0.717) is 11.6 Å². The summed E-state index contributed by atoms with van der Waals surface area (Å²) in [5.74, 6) is 1.27. The van der Waals surface area contributed by atoms with Crippen LogP contribution in [0.5, 0.6) is 0 Å². The fourth-order valence-electron chi connectivity index (χ4n) is 3.12. The second-order valence-corrected chi connectivity index (χ2v) is 7.55. The Hall–Kier alpha value is -2.02. The second-order valence-electron chi connectivity index (χ2n) is 6.44. The van der Waals surface area contributed by atoms with Crippen LogP contribution in [0.2, 0.25) is 0 Å². The number of aromatic nitrogens is 2. The van der Waals surface area contributed by atoms with E-state index in [4.69, 9.17) is 15.5 Å². The van der Waals surface area contributed by atoms with Gasteiger partial charge in [-0.2, -0.15) is 0 Å². The molecule has 0 spiro atoms. The number of fused-ring (bicyclic) bond motifs is 1. The summed E-state index contributed by atoms with van der Waals surface area (Å²) in [4.78, 5) is 14.0. The number of hydrogen-bond acceptors (Lipinski definition) is 6. The highest BCUT2D eigenvalue weighted by Crippen LogP contribution is 2.30. The molecule has 25 heavy (non-hydrogen) atoms. The first-order chi connectivity index (χ1) is 12.2. The Labute approximate surface area is 151 Å². The zero-order valence-electron chi connectivity index (χ0n) is 14.4. The van der Waals surface area contributed by atoms with Gasteiger partial charge in [0.2, 0.25) is 0 Å². The van der Waals surface area contributed by atoms with Gasteiger partial charge >= 0.3 is 0 Å². The first-order valence-electron chi connectivity index (χ1n) is 8.62. The van der Waals surface area contributed by atoms with Crippen LogP contribution in [-0.2, 0) is 11.2 Å². The fourth-order valence-corrected chi connectivity index (χ4v) is 4.15. The van der Waals surface area contributed by atoms with Crippen LogP contribution in [0, 0.1) is 6.92 Å². The Bertz CT molecular complexity index is 886. The Morgan fingerprint density at radius 3 is 2.84 bits per heavy atom. The van der Waals surface area contributed by atoms with Crippen molar-refractivity contribution in [2.75, 3.05) is 38.6 Å². The number of morpholine rings is 1. The summed E-state index contributed by atoms with van der Waals surface area (Å²) >= 11 is 1.72. The van der Waals surface area contributed by atoms with Gasteiger partial charge in [0.05, 0.1) is 18.6 Å². The van der Waals surface area contributed by atoms with Gasteiger partial charge in [0.15, 0.2) is 5.82 Å². The van der Waals surface area contributed by atoms with Crippen molar-refractivity contribution >= 4 is 27.4 Å². The maximum absolute atomic E-state index is 6.21. The van der Waals surface area contributed by atoms with Gasteiger partial charge in [0.25, 0.3) is 0 Å². The highest BCUT2D eigenvalue weighted by atomic mass is 32.1. The van der Waals surface area contributed by atoms with E-state index >= 15 is 0 Å². The van der Waals surface area contributed by atoms with Gasteiger partial charge < -0.3 is 10.5 Å². The Balaban J connectivity index is 1.58. The van der Waals surface area contributed by atoms with Crippen molar-refractivity contribution in [2.24, 2.45) is 0 Å². The zero-order valence-corrected chi connectivity index (χ0v) is 15.2. The predicted octanol–water partition coefficient (Wildman–Crippen LogP) is 3.12. The summed E-state index contributed by atoms with van der Waals surface area (Å²) in [6.45, 7) is 6.83. The monoisotopic (exact) mass is 354 g/mol. The normalized spacial score (nSPS) is 15.7. The number of nitrogens with zero attached hydrogens (tertiary/aromatic N) is 3. The van der Waals surface area contributed by atoms with Gasteiger partial charge in [-0.3, -0.25) is 4.90 Å². The summed E-state index contributed by atoms with van der Waals surface area (Å²) in [5, 5.41) is 0.971. The van der Waals surface area contributed by atoms with E-state index in [1.54, 1.807) is 11.3 Å². The molecule has 0 atom stereocenters. The topological polar surface area (TPSA) is 64.3 Å². The lowest BCUT2D eigenvalue weighted by atomic mass is 10.1. The molecule has 1 aromatic carbocycles. The molecule has 2 aromatic heterocycles. The molecule has 0 unspecified atom stereocenters. The van der Waals surface area contributed by atoms with Gasteiger partial charge in [-0.25, -0.2) is 9.97 Å². The molecule has 3 aromatic rings. The molecule has 6 heteroatoms. The molecular weight excluding hydrogens is 332 g/mol. The molecule has 0 bridgehead atoms. The third-order valence-electron chi connectivity index (χ3n) is 4.53. The standard InChI is InChI=1S/C19H22N4OS/c1-13-3-2-4-14(11-13)18-21-17(20)16-12-15(25-19(16)22-18)5-6-23-7-9-24-10-8-23/h2-4,11-12H,5-10H2,1H3,(H2,20,21,22). The number of aryl methyl sites for hydroxylation is 1. The van der Waals surface area contributed by atoms with Crippen LogP contribution >= 0.6 is 11.3 Å². The second kappa shape index (κ2) is 7.07. The van der Waals surface area contributed by atoms with Crippen molar-refractivity contribution in [1.82, 2.24) is 14.9 Å². The molecule has 3 heterocycles. The number of nitrogen functional groups attached to an aromatic ring is 1. The fraction of sp³-hybridized carbons (Fsp3) is 0.368. The van der Waals surface area contributed by atoms with Crippen molar-refractivity contribution in [3.63, 3.8) is 0 Å². The number of benzene rings is 1. The summed E-state index contributed by atoms with van der Waals surface area (Å²) < 4.78 is 5.41. The lowest BCUT2D eigenvalue weighted by molar-refractivity contribution is 0.0385. The number of rotatable bonds is 4. The SMILES string of the molecule is Cc1cccc(-c2nc(N)c3cc(CCN4CCOCC4)sc3n2)c1. The first kappa shape index (κ1) is 16.4. The zero-order chi connectivity index (χ0) is 17.2. The molecule has 1 fully saturated rings. The van der Waals surface area contributed by atoms with Crippen LogP contribution in [-0.4, -0.2) is 47.7 Å². The number of anilines is 1. The summed E-state index contributed by atoms with van der Waals surface area (Å²) in [6, 6.07) is 10.4. The molecular formula is C19H22N4OS. The van der Waals surface area contributed by atoms with Crippen molar-refractivity contribution < 1.29 is 4.74 Å². The smallest absolute Gasteiger partial charge is 0.163 e. The van der Waals surface area contributed by atoms with Gasteiger partial charge in [-0.15, -0.1) is 11.3 Å². The molecule has 4 rings (SSSR count). The average molecular weight is 354 g/mol. The third kappa shape index (κ3) is 3.66. The first-order valence-corrected chi connectivity index (χ1v) is 9.44. The largest absolute Gasteiger partial charge is 0.383 e. The Kier molecular flexibility index (Phi) is 4.65. The summed E-state index contributed by atoms with van der Waals surface area (Å²) in [5.41, 5.74) is 8.42. The molecule has 1 aliphatic rings. The molecule has 5 nitrogen and oxygen atoms in total. The van der Waals surface area contributed by atoms with Crippen LogP contribution in [0.15, 0.2) is 30.3 Å². The number of ether oxygens (including phenoxy) is 1. The van der Waals surface area contributed by atoms with Gasteiger partial charge in [0, 0.05) is 30.1 Å². The number of nitrogens with two attached hydrogens (primary N) is 1. The molecule has 1 saturated heterocycles. The van der Waals surface area contributed by atoms with Crippen LogP contribution in [0.25, 0.3) is 21.6 Å². The lowest BCUT2D eigenvalue weighted by Gasteiger charge is -2.26. The number of hydrogen-bond donors (Lipinski definition) is 1. The van der Waals surface area contributed by atoms with Gasteiger partial charge in [-0.05, 0) is 25.5 Å². The molecule has 130 valence electrons. The highest BCUT2D eigenvalue weighted by Gasteiger charge is 2.14. The van der Waals surface area contributed by atoms with E-state index in [-0.39, 0.29) is 0 Å². The van der Waals surface area contributed by atoms with E-state index < -0.39 is 0 Å². The Morgan fingerprint density at radius 2 is 2.04 bits per heavy atom. The predicted molar refractivity (Wildman–Crippen MR) is 103 cm³/mol. The van der Waals surface area contributed by atoms with Crippen molar-refractivity contribution in [2.45, 2.75) is 13.3 Å². The van der Waals surface area contributed by atoms with E-state index in [2.05, 4.69) is 35.0 Å². The molecule has 0 amide bonds. The van der Waals surface area contributed by atoms with E-state index in [1.807, 2.05) is 12.1 Å². The van der Waals surface area contributed by atoms with E-state index in [1.165, 1.54) is 10.4 Å². The molecule has 0 radical (unpaired) electrons. The summed E-state index contributed by atoms with van der Waals surface area (Å²) in [7, 11) is 0. The van der Waals surface area contributed by atoms with E-state index in [0.717, 1.165) is 55.0 Å². The maximum atomic E-state index is 6.21. The maximum Gasteiger partial charge on any atom is 0.163 e. The van der Waals surface area contributed by atoms with Crippen molar-refractivity contribution in [3.8, 4) is 11.4 Å². The van der Waals surface area contributed by atoms with Crippen LogP contribution in [0.1, 0.15) is 10.4 Å². The molecule has 0 aliphatic carbocycles. The van der Waals surface area contributed by atoms with Gasteiger partial charge in [0.1, 0.15) is 10.6 Å². The van der Waals surface area contributed by atoms with Crippen LogP contribution in [0.3, 0.4) is 0 Å². The summed E-state index contributed by atoms with van der Waals surface area (Å²) in [6.07, 6.45) is 1.01. The Morgan fingerprint density at radius 1 is 1.20 bits per heavy atom.